The highest BCUT2D eigenvalue weighted by Gasteiger charge is 2.10. The average Bonchev–Trinajstić information content (AvgIpc) is 2.89. The van der Waals surface area contributed by atoms with Crippen LogP contribution in [0.4, 0.5) is 0 Å². The van der Waals surface area contributed by atoms with Gasteiger partial charge in [0.15, 0.2) is 11.7 Å². The lowest BCUT2D eigenvalue weighted by Gasteiger charge is -2.05. The Kier molecular flexibility index (Phi) is 6.45. The maximum absolute atomic E-state index is 5.84. The zero-order valence-electron chi connectivity index (χ0n) is 12.3. The van der Waals surface area contributed by atoms with E-state index in [1.165, 1.54) is 0 Å². The van der Waals surface area contributed by atoms with Crippen LogP contribution in [0.25, 0.3) is 11.3 Å². The summed E-state index contributed by atoms with van der Waals surface area (Å²) in [5, 5.41) is 3.43. The highest BCUT2D eigenvalue weighted by atomic mass is 79.9. The molecule has 5 heteroatoms. The number of nitrogens with zero attached hydrogens (tertiary/aromatic N) is 1. The van der Waals surface area contributed by atoms with E-state index in [1.54, 1.807) is 6.20 Å². The molecule has 0 unspecified atom stereocenters. The van der Waals surface area contributed by atoms with Crippen LogP contribution in [-0.4, -0.2) is 18.1 Å². The topological polar surface area (TPSA) is 38.1 Å². The van der Waals surface area contributed by atoms with E-state index in [4.69, 9.17) is 4.42 Å². The summed E-state index contributed by atoms with van der Waals surface area (Å²) in [4.78, 5) is 4.37. The van der Waals surface area contributed by atoms with Crippen LogP contribution in [0.2, 0.25) is 0 Å². The summed E-state index contributed by atoms with van der Waals surface area (Å²) in [6.45, 7) is 6.48. The molecule has 2 rings (SSSR count). The second-order valence-electron chi connectivity index (χ2n) is 5.44. The quantitative estimate of drug-likeness (QED) is 0.643. The first-order chi connectivity index (χ1) is 10.1. The minimum atomic E-state index is 0.687. The van der Waals surface area contributed by atoms with Crippen LogP contribution < -0.4 is 5.32 Å². The molecule has 0 radical (unpaired) electrons. The van der Waals surface area contributed by atoms with Gasteiger partial charge in [0.05, 0.1) is 6.20 Å². The van der Waals surface area contributed by atoms with Gasteiger partial charge in [0.2, 0.25) is 0 Å². The van der Waals surface area contributed by atoms with E-state index in [1.807, 2.05) is 18.2 Å². The van der Waals surface area contributed by atoms with Gasteiger partial charge >= 0.3 is 0 Å². The van der Waals surface area contributed by atoms with Crippen molar-refractivity contribution in [2.45, 2.75) is 26.7 Å². The Bertz CT molecular complexity index is 581. The van der Waals surface area contributed by atoms with Gasteiger partial charge in [0.1, 0.15) is 0 Å². The molecule has 0 aliphatic carbocycles. The standard InChI is InChI=1S/C16H20Br2N2O/c1-11(2)9-19-7-3-4-16-20-10-15(21-16)13-8-12(17)5-6-14(13)18/h5-6,8,10-11,19H,3-4,7,9H2,1-2H3. The molecule has 21 heavy (non-hydrogen) atoms. The summed E-state index contributed by atoms with van der Waals surface area (Å²) >= 11 is 7.02. The lowest BCUT2D eigenvalue weighted by molar-refractivity contribution is 0.483. The van der Waals surface area contributed by atoms with Crippen molar-refractivity contribution in [3.8, 4) is 11.3 Å². The van der Waals surface area contributed by atoms with E-state index in [2.05, 4.69) is 56.0 Å². The number of hydrogen-bond donors (Lipinski definition) is 1. The van der Waals surface area contributed by atoms with E-state index in [0.29, 0.717) is 5.92 Å². The van der Waals surface area contributed by atoms with Gasteiger partial charge in [0.25, 0.3) is 0 Å². The molecule has 0 saturated carbocycles. The molecule has 1 aromatic heterocycles. The third kappa shape index (κ3) is 5.24. The maximum atomic E-state index is 5.84. The molecule has 2 aromatic rings. The second kappa shape index (κ2) is 8.11. The molecule has 0 bridgehead atoms. The van der Waals surface area contributed by atoms with Gasteiger partial charge in [-0.3, -0.25) is 0 Å². The first kappa shape index (κ1) is 16.7. The van der Waals surface area contributed by atoms with Crippen LogP contribution in [0, 0.1) is 5.92 Å². The number of hydrogen-bond acceptors (Lipinski definition) is 3. The second-order valence-corrected chi connectivity index (χ2v) is 7.21. The van der Waals surface area contributed by atoms with Crippen LogP contribution in [-0.2, 0) is 6.42 Å². The largest absolute Gasteiger partial charge is 0.441 e. The van der Waals surface area contributed by atoms with E-state index >= 15 is 0 Å². The summed E-state index contributed by atoms with van der Waals surface area (Å²) in [6, 6.07) is 6.02. The molecule has 0 aliphatic heterocycles. The van der Waals surface area contributed by atoms with Crippen molar-refractivity contribution in [2.24, 2.45) is 5.92 Å². The summed E-state index contributed by atoms with van der Waals surface area (Å²) in [5.74, 6) is 2.28. The molecule has 0 fully saturated rings. The molecule has 0 amide bonds. The van der Waals surface area contributed by atoms with Gasteiger partial charge in [-0.1, -0.05) is 45.7 Å². The summed E-state index contributed by atoms with van der Waals surface area (Å²) in [7, 11) is 0. The van der Waals surface area contributed by atoms with Gasteiger partial charge in [-0.05, 0) is 43.6 Å². The molecule has 1 aromatic carbocycles. The summed E-state index contributed by atoms with van der Waals surface area (Å²) in [5.41, 5.74) is 1.01. The van der Waals surface area contributed by atoms with Crippen molar-refractivity contribution in [1.82, 2.24) is 10.3 Å². The van der Waals surface area contributed by atoms with E-state index in [9.17, 15) is 0 Å². The minimum absolute atomic E-state index is 0.687. The minimum Gasteiger partial charge on any atom is -0.441 e. The zero-order valence-corrected chi connectivity index (χ0v) is 15.5. The van der Waals surface area contributed by atoms with E-state index < -0.39 is 0 Å². The lowest BCUT2D eigenvalue weighted by Crippen LogP contribution is -2.21. The normalized spacial score (nSPS) is 11.3. The molecule has 1 N–H and O–H groups in total. The Morgan fingerprint density at radius 2 is 2.10 bits per heavy atom. The van der Waals surface area contributed by atoms with Crippen LogP contribution >= 0.6 is 31.9 Å². The first-order valence-corrected chi connectivity index (χ1v) is 8.75. The van der Waals surface area contributed by atoms with Crippen molar-refractivity contribution in [3.05, 3.63) is 39.2 Å². The molecule has 1 heterocycles. The van der Waals surface area contributed by atoms with Crippen molar-refractivity contribution in [3.63, 3.8) is 0 Å². The highest BCUT2D eigenvalue weighted by Crippen LogP contribution is 2.31. The van der Waals surface area contributed by atoms with Gasteiger partial charge in [0, 0.05) is 20.9 Å². The fraction of sp³-hybridized carbons (Fsp3) is 0.438. The number of halogens is 2. The number of aryl methyl sites for hydroxylation is 1. The summed E-state index contributed by atoms with van der Waals surface area (Å²) in [6.07, 6.45) is 3.69. The Hall–Kier alpha value is -0.650. The number of nitrogens with one attached hydrogen (secondary N) is 1. The summed E-state index contributed by atoms with van der Waals surface area (Å²) < 4.78 is 7.87. The number of aromatic nitrogens is 1. The molecule has 3 nitrogen and oxygen atoms in total. The van der Waals surface area contributed by atoms with Crippen LogP contribution in [0.1, 0.15) is 26.2 Å². The highest BCUT2D eigenvalue weighted by molar-refractivity contribution is 9.11. The van der Waals surface area contributed by atoms with Gasteiger partial charge < -0.3 is 9.73 Å². The smallest absolute Gasteiger partial charge is 0.194 e. The Labute approximate surface area is 142 Å². The SMILES string of the molecule is CC(C)CNCCCc1ncc(-c2cc(Br)ccc2Br)o1. The zero-order chi connectivity index (χ0) is 15.2. The van der Waals surface area contributed by atoms with E-state index in [0.717, 1.165) is 52.1 Å². The number of benzene rings is 1. The van der Waals surface area contributed by atoms with Crippen LogP contribution in [0.5, 0.6) is 0 Å². The van der Waals surface area contributed by atoms with Crippen LogP contribution in [0.15, 0.2) is 37.8 Å². The maximum Gasteiger partial charge on any atom is 0.194 e. The molecular formula is C16H20Br2N2O. The Balaban J connectivity index is 1.91. The van der Waals surface area contributed by atoms with Gasteiger partial charge in [-0.25, -0.2) is 4.98 Å². The monoisotopic (exact) mass is 414 g/mol. The van der Waals surface area contributed by atoms with Crippen molar-refractivity contribution in [2.75, 3.05) is 13.1 Å². The Morgan fingerprint density at radius 1 is 1.29 bits per heavy atom. The number of oxazole rings is 1. The van der Waals surface area contributed by atoms with Gasteiger partial charge in [-0.15, -0.1) is 0 Å². The van der Waals surface area contributed by atoms with Crippen LogP contribution in [0.3, 0.4) is 0 Å². The fourth-order valence-corrected chi connectivity index (χ4v) is 2.80. The molecule has 0 spiro atoms. The molecule has 114 valence electrons. The Morgan fingerprint density at radius 3 is 2.86 bits per heavy atom. The molecule has 0 saturated heterocycles. The van der Waals surface area contributed by atoms with Gasteiger partial charge in [-0.2, -0.15) is 0 Å². The first-order valence-electron chi connectivity index (χ1n) is 7.17. The van der Waals surface area contributed by atoms with E-state index in [-0.39, 0.29) is 0 Å². The van der Waals surface area contributed by atoms with Crippen molar-refractivity contribution < 1.29 is 4.42 Å². The lowest BCUT2D eigenvalue weighted by atomic mass is 10.2. The molecule has 0 atom stereocenters. The molecular weight excluding hydrogens is 396 g/mol. The third-order valence-corrected chi connectivity index (χ3v) is 4.23. The van der Waals surface area contributed by atoms with Crippen molar-refractivity contribution in [1.29, 1.82) is 0 Å². The predicted molar refractivity (Wildman–Crippen MR) is 93.4 cm³/mol. The number of rotatable bonds is 7. The third-order valence-electron chi connectivity index (χ3n) is 3.04. The fourth-order valence-electron chi connectivity index (χ4n) is 1.99. The van der Waals surface area contributed by atoms with Crippen molar-refractivity contribution >= 4 is 31.9 Å². The predicted octanol–water partition coefficient (Wildman–Crippen LogP) is 5.04. The average molecular weight is 416 g/mol. The molecule has 0 aliphatic rings.